The molecule has 2 aromatic rings. The fraction of sp³-hybridized carbons (Fsp3) is 0.316. The highest BCUT2D eigenvalue weighted by molar-refractivity contribution is 5.78. The minimum absolute atomic E-state index is 0.178. The third-order valence-electron chi connectivity index (χ3n) is 3.93. The van der Waals surface area contributed by atoms with Crippen LogP contribution < -0.4 is 5.32 Å². The maximum Gasteiger partial charge on any atom is 0.313 e. The van der Waals surface area contributed by atoms with Gasteiger partial charge in [-0.1, -0.05) is 48.0 Å². The first-order valence-electron chi connectivity index (χ1n) is 7.41. The number of anilines is 1. The van der Waals surface area contributed by atoms with Crippen molar-refractivity contribution in [2.45, 2.75) is 26.8 Å². The van der Waals surface area contributed by atoms with Gasteiger partial charge in [0.15, 0.2) is 0 Å². The van der Waals surface area contributed by atoms with Gasteiger partial charge in [0.2, 0.25) is 0 Å². The molecule has 0 aliphatic carbocycles. The van der Waals surface area contributed by atoms with E-state index in [9.17, 15) is 4.79 Å². The van der Waals surface area contributed by atoms with Crippen molar-refractivity contribution in [3.8, 4) is 0 Å². The van der Waals surface area contributed by atoms with E-state index in [0.29, 0.717) is 0 Å². The third-order valence-corrected chi connectivity index (χ3v) is 3.93. The van der Waals surface area contributed by atoms with Crippen molar-refractivity contribution in [2.75, 3.05) is 12.4 Å². The predicted molar refractivity (Wildman–Crippen MR) is 89.8 cm³/mol. The SMILES string of the molecule is COC(=O)C(C)(C)[C@@H](Nc1ccccc1)c1ccc(C)cc1. The Labute approximate surface area is 132 Å². The van der Waals surface area contributed by atoms with E-state index < -0.39 is 5.41 Å². The summed E-state index contributed by atoms with van der Waals surface area (Å²) >= 11 is 0. The van der Waals surface area contributed by atoms with E-state index in [-0.39, 0.29) is 12.0 Å². The number of rotatable bonds is 5. The number of nitrogens with one attached hydrogen (secondary N) is 1. The van der Waals surface area contributed by atoms with Crippen LogP contribution in [0.5, 0.6) is 0 Å². The molecule has 3 nitrogen and oxygen atoms in total. The molecule has 1 N–H and O–H groups in total. The molecular weight excluding hydrogens is 274 g/mol. The zero-order valence-corrected chi connectivity index (χ0v) is 13.6. The molecule has 0 heterocycles. The van der Waals surface area contributed by atoms with Crippen LogP contribution in [0.4, 0.5) is 5.69 Å². The Kier molecular flexibility index (Phi) is 4.86. The minimum Gasteiger partial charge on any atom is -0.469 e. The summed E-state index contributed by atoms with van der Waals surface area (Å²) in [6.07, 6.45) is 0. The molecule has 1 atom stereocenters. The normalized spacial score (nSPS) is 12.5. The van der Waals surface area contributed by atoms with Crippen LogP contribution in [0, 0.1) is 12.3 Å². The largest absolute Gasteiger partial charge is 0.469 e. The van der Waals surface area contributed by atoms with Gasteiger partial charge in [0.25, 0.3) is 0 Å². The lowest BCUT2D eigenvalue weighted by Crippen LogP contribution is -2.36. The fourth-order valence-electron chi connectivity index (χ4n) is 2.52. The van der Waals surface area contributed by atoms with Crippen LogP contribution in [0.25, 0.3) is 0 Å². The minimum atomic E-state index is -0.695. The van der Waals surface area contributed by atoms with Crippen molar-refractivity contribution in [1.29, 1.82) is 0 Å². The Hall–Kier alpha value is -2.29. The maximum atomic E-state index is 12.2. The van der Waals surface area contributed by atoms with Crippen LogP contribution in [0.2, 0.25) is 0 Å². The average Bonchev–Trinajstić information content (AvgIpc) is 2.53. The summed E-state index contributed by atoms with van der Waals surface area (Å²) in [7, 11) is 1.43. The number of carbonyl (C=O) groups excluding carboxylic acids is 1. The van der Waals surface area contributed by atoms with E-state index in [1.165, 1.54) is 12.7 Å². The summed E-state index contributed by atoms with van der Waals surface area (Å²) in [6, 6.07) is 18.0. The second kappa shape index (κ2) is 6.65. The van der Waals surface area contributed by atoms with E-state index in [1.807, 2.05) is 44.2 Å². The Balaban J connectivity index is 2.40. The van der Waals surface area contributed by atoms with Gasteiger partial charge in [-0.05, 0) is 38.5 Å². The van der Waals surface area contributed by atoms with E-state index in [1.54, 1.807) is 0 Å². The molecule has 0 amide bonds. The fourth-order valence-corrected chi connectivity index (χ4v) is 2.52. The lowest BCUT2D eigenvalue weighted by atomic mass is 9.80. The molecule has 0 bridgehead atoms. The van der Waals surface area contributed by atoms with E-state index in [0.717, 1.165) is 11.3 Å². The van der Waals surface area contributed by atoms with Crippen LogP contribution in [-0.2, 0) is 9.53 Å². The van der Waals surface area contributed by atoms with Crippen LogP contribution in [-0.4, -0.2) is 13.1 Å². The number of aryl methyl sites for hydroxylation is 1. The molecule has 2 aromatic carbocycles. The van der Waals surface area contributed by atoms with Crippen molar-refractivity contribution in [1.82, 2.24) is 0 Å². The molecule has 22 heavy (non-hydrogen) atoms. The van der Waals surface area contributed by atoms with Crippen molar-refractivity contribution in [2.24, 2.45) is 5.41 Å². The first-order chi connectivity index (χ1) is 10.4. The van der Waals surface area contributed by atoms with Crippen LogP contribution in [0.3, 0.4) is 0 Å². The molecule has 3 heteroatoms. The summed E-state index contributed by atoms with van der Waals surface area (Å²) in [4.78, 5) is 12.2. The van der Waals surface area contributed by atoms with Crippen molar-refractivity contribution >= 4 is 11.7 Å². The highest BCUT2D eigenvalue weighted by Crippen LogP contribution is 2.37. The van der Waals surface area contributed by atoms with E-state index >= 15 is 0 Å². The van der Waals surface area contributed by atoms with Crippen LogP contribution >= 0.6 is 0 Å². The van der Waals surface area contributed by atoms with Gasteiger partial charge >= 0.3 is 5.97 Å². The number of benzene rings is 2. The molecule has 0 aromatic heterocycles. The first-order valence-corrected chi connectivity index (χ1v) is 7.41. The van der Waals surface area contributed by atoms with Gasteiger partial charge in [-0.25, -0.2) is 0 Å². The van der Waals surface area contributed by atoms with Gasteiger partial charge < -0.3 is 10.1 Å². The molecule has 0 aliphatic heterocycles. The number of hydrogen-bond acceptors (Lipinski definition) is 3. The molecule has 0 unspecified atom stereocenters. The lowest BCUT2D eigenvalue weighted by Gasteiger charge is -2.33. The number of methoxy groups -OCH3 is 1. The standard InChI is InChI=1S/C19H23NO2/c1-14-10-12-15(13-11-14)17(19(2,3)18(21)22-4)20-16-8-6-5-7-9-16/h5-13,17,20H,1-4H3/t17-/m0/s1. The third kappa shape index (κ3) is 3.48. The highest BCUT2D eigenvalue weighted by Gasteiger charge is 2.39. The molecule has 0 radical (unpaired) electrons. The zero-order chi connectivity index (χ0) is 16.2. The first kappa shape index (κ1) is 16.1. The highest BCUT2D eigenvalue weighted by atomic mass is 16.5. The topological polar surface area (TPSA) is 38.3 Å². The van der Waals surface area contributed by atoms with Gasteiger partial charge in [0.05, 0.1) is 18.6 Å². The molecule has 0 fully saturated rings. The number of carbonyl (C=O) groups is 1. The summed E-state index contributed by atoms with van der Waals surface area (Å²) in [5, 5.41) is 3.47. The monoisotopic (exact) mass is 297 g/mol. The lowest BCUT2D eigenvalue weighted by molar-refractivity contribution is -0.151. The van der Waals surface area contributed by atoms with E-state index in [2.05, 4.69) is 36.5 Å². The summed E-state index contributed by atoms with van der Waals surface area (Å²) in [5.74, 6) is -0.235. The Bertz CT molecular complexity index is 618. The molecule has 0 saturated carbocycles. The number of hydrogen-bond donors (Lipinski definition) is 1. The molecule has 0 saturated heterocycles. The number of esters is 1. The van der Waals surface area contributed by atoms with Gasteiger partial charge in [-0.2, -0.15) is 0 Å². The Morgan fingerprint density at radius 1 is 1.05 bits per heavy atom. The van der Waals surface area contributed by atoms with Crippen molar-refractivity contribution in [3.05, 3.63) is 65.7 Å². The molecule has 0 spiro atoms. The van der Waals surface area contributed by atoms with Gasteiger partial charge in [0, 0.05) is 5.69 Å². The van der Waals surface area contributed by atoms with Gasteiger partial charge in [-0.15, -0.1) is 0 Å². The summed E-state index contributed by atoms with van der Waals surface area (Å²) in [5.41, 5.74) is 2.54. The summed E-state index contributed by atoms with van der Waals surface area (Å²) in [6.45, 7) is 5.85. The second-order valence-electron chi connectivity index (χ2n) is 6.07. The molecule has 2 rings (SSSR count). The van der Waals surface area contributed by atoms with Crippen molar-refractivity contribution < 1.29 is 9.53 Å². The zero-order valence-electron chi connectivity index (χ0n) is 13.6. The smallest absolute Gasteiger partial charge is 0.313 e. The maximum absolute atomic E-state index is 12.2. The molecule has 116 valence electrons. The van der Waals surface area contributed by atoms with Gasteiger partial charge in [-0.3, -0.25) is 4.79 Å². The van der Waals surface area contributed by atoms with Crippen molar-refractivity contribution in [3.63, 3.8) is 0 Å². The average molecular weight is 297 g/mol. The van der Waals surface area contributed by atoms with E-state index in [4.69, 9.17) is 4.74 Å². The Morgan fingerprint density at radius 2 is 1.64 bits per heavy atom. The molecule has 0 aliphatic rings. The summed E-state index contributed by atoms with van der Waals surface area (Å²) < 4.78 is 5.00. The predicted octanol–water partition coefficient (Wildman–Crippen LogP) is 4.35. The van der Waals surface area contributed by atoms with Crippen LogP contribution in [0.15, 0.2) is 54.6 Å². The molecular formula is C19H23NO2. The Morgan fingerprint density at radius 3 is 2.18 bits per heavy atom. The second-order valence-corrected chi connectivity index (χ2v) is 6.07. The quantitative estimate of drug-likeness (QED) is 0.834. The van der Waals surface area contributed by atoms with Crippen LogP contribution in [0.1, 0.15) is 31.0 Å². The van der Waals surface area contributed by atoms with Gasteiger partial charge in [0.1, 0.15) is 0 Å². The number of para-hydroxylation sites is 1. The number of ether oxygens (including phenoxy) is 1.